The zero-order valence-corrected chi connectivity index (χ0v) is 19.0. The van der Waals surface area contributed by atoms with E-state index in [1.54, 1.807) is 37.3 Å². The van der Waals surface area contributed by atoms with Gasteiger partial charge in [0, 0.05) is 8.95 Å². The summed E-state index contributed by atoms with van der Waals surface area (Å²) in [6, 6.07) is 10.6. The Morgan fingerprint density at radius 3 is 2.67 bits per heavy atom. The van der Waals surface area contributed by atoms with Gasteiger partial charge in [-0.2, -0.15) is 0 Å². The first-order valence-corrected chi connectivity index (χ1v) is 10.8. The van der Waals surface area contributed by atoms with Crippen LogP contribution in [0.15, 0.2) is 50.1 Å². The van der Waals surface area contributed by atoms with Crippen LogP contribution < -0.4 is 10.9 Å². The second-order valence-electron chi connectivity index (χ2n) is 7.05. The summed E-state index contributed by atoms with van der Waals surface area (Å²) in [5.41, 5.74) is 1.33. The molecule has 30 heavy (non-hydrogen) atoms. The number of nitrogens with zero attached hydrogens (tertiary/aromatic N) is 2. The lowest BCUT2D eigenvalue weighted by atomic mass is 10.0. The van der Waals surface area contributed by atoms with E-state index in [0.29, 0.717) is 32.6 Å². The Morgan fingerprint density at radius 2 is 1.90 bits per heavy atom. The van der Waals surface area contributed by atoms with Crippen LogP contribution in [0, 0.1) is 6.92 Å². The van der Waals surface area contributed by atoms with Crippen molar-refractivity contribution in [3.8, 4) is 5.69 Å². The SMILES string of the molecule is Cc1nc2c(Br)cc(Br)cc2c(=O)n1-c1ccccc1N[C@H]1OC[C@@H](O)[C@@H](O)[C@H]1O. The van der Waals surface area contributed by atoms with Crippen molar-refractivity contribution in [2.45, 2.75) is 31.5 Å². The van der Waals surface area contributed by atoms with Crippen molar-refractivity contribution < 1.29 is 20.1 Å². The largest absolute Gasteiger partial charge is 0.388 e. The molecular formula is C20H19Br2N3O5. The number of hydrogen-bond donors (Lipinski definition) is 4. The van der Waals surface area contributed by atoms with Crippen molar-refractivity contribution in [3.05, 3.63) is 61.5 Å². The Hall–Kier alpha value is -1.82. The lowest BCUT2D eigenvalue weighted by Crippen LogP contribution is -2.55. The second kappa shape index (κ2) is 8.37. The minimum Gasteiger partial charge on any atom is -0.388 e. The monoisotopic (exact) mass is 539 g/mol. The van der Waals surface area contributed by atoms with Gasteiger partial charge in [0.15, 0.2) is 6.23 Å². The Kier molecular flexibility index (Phi) is 5.97. The second-order valence-corrected chi connectivity index (χ2v) is 8.82. The number of nitrogens with one attached hydrogen (secondary N) is 1. The van der Waals surface area contributed by atoms with E-state index in [9.17, 15) is 20.1 Å². The summed E-state index contributed by atoms with van der Waals surface area (Å²) in [5.74, 6) is 0.477. The maximum atomic E-state index is 13.4. The van der Waals surface area contributed by atoms with Crippen LogP contribution >= 0.6 is 31.9 Å². The van der Waals surface area contributed by atoms with Crippen molar-refractivity contribution in [1.29, 1.82) is 0 Å². The number of hydrogen-bond acceptors (Lipinski definition) is 7. The average Bonchev–Trinajstić information content (AvgIpc) is 2.70. The third-order valence-electron chi connectivity index (χ3n) is 5.00. The number of anilines is 1. The van der Waals surface area contributed by atoms with Crippen LogP contribution in [-0.2, 0) is 4.74 Å². The molecule has 2 aromatic carbocycles. The molecule has 1 aliphatic rings. The first-order valence-electron chi connectivity index (χ1n) is 9.18. The summed E-state index contributed by atoms with van der Waals surface area (Å²) in [6.45, 7) is 1.61. The number of aliphatic hydroxyl groups is 3. The smallest absolute Gasteiger partial charge is 0.266 e. The molecule has 4 N–H and O–H groups in total. The molecule has 3 aromatic rings. The molecule has 0 amide bonds. The number of benzene rings is 2. The number of rotatable bonds is 3. The van der Waals surface area contributed by atoms with E-state index in [0.717, 1.165) is 4.47 Å². The van der Waals surface area contributed by atoms with Gasteiger partial charge in [-0.15, -0.1) is 0 Å². The van der Waals surface area contributed by atoms with Gasteiger partial charge in [0.05, 0.1) is 28.9 Å². The maximum Gasteiger partial charge on any atom is 0.266 e. The van der Waals surface area contributed by atoms with Crippen molar-refractivity contribution in [2.75, 3.05) is 11.9 Å². The van der Waals surface area contributed by atoms with Crippen LogP contribution in [0.1, 0.15) is 5.82 Å². The van der Waals surface area contributed by atoms with E-state index in [4.69, 9.17) is 4.74 Å². The Bertz CT molecular complexity index is 1170. The number of aromatic nitrogens is 2. The summed E-state index contributed by atoms with van der Waals surface area (Å²) in [5, 5.41) is 33.3. The molecule has 8 nitrogen and oxygen atoms in total. The minimum atomic E-state index is -1.35. The molecule has 0 saturated carbocycles. The number of ether oxygens (including phenoxy) is 1. The first-order chi connectivity index (χ1) is 14.3. The summed E-state index contributed by atoms with van der Waals surface area (Å²) in [4.78, 5) is 17.9. The summed E-state index contributed by atoms with van der Waals surface area (Å²) < 4.78 is 8.37. The third-order valence-corrected chi connectivity index (χ3v) is 6.06. The van der Waals surface area contributed by atoms with Gasteiger partial charge < -0.3 is 25.4 Å². The quantitative estimate of drug-likeness (QED) is 0.402. The maximum absolute atomic E-state index is 13.4. The van der Waals surface area contributed by atoms with Gasteiger partial charge in [0.1, 0.15) is 24.1 Å². The lowest BCUT2D eigenvalue weighted by molar-refractivity contribution is -0.178. The lowest BCUT2D eigenvalue weighted by Gasteiger charge is -2.36. The van der Waals surface area contributed by atoms with Gasteiger partial charge in [0.25, 0.3) is 5.56 Å². The predicted octanol–water partition coefficient (Wildman–Crippen LogP) is 2.07. The molecule has 1 fully saturated rings. The molecule has 0 aliphatic carbocycles. The molecule has 0 unspecified atom stereocenters. The number of para-hydroxylation sites is 2. The fraction of sp³-hybridized carbons (Fsp3) is 0.300. The average molecular weight is 541 g/mol. The number of halogens is 2. The van der Waals surface area contributed by atoms with E-state index in [1.807, 2.05) is 6.07 Å². The first kappa shape index (κ1) is 21.4. The number of aryl methyl sites for hydroxylation is 1. The molecule has 158 valence electrons. The topological polar surface area (TPSA) is 117 Å². The molecule has 1 saturated heterocycles. The molecule has 0 bridgehead atoms. The van der Waals surface area contributed by atoms with Crippen LogP contribution in [0.4, 0.5) is 5.69 Å². The van der Waals surface area contributed by atoms with Crippen LogP contribution in [0.5, 0.6) is 0 Å². The molecule has 10 heteroatoms. The molecule has 4 rings (SSSR count). The molecule has 4 atom stereocenters. The highest BCUT2D eigenvalue weighted by atomic mass is 79.9. The standard InChI is InChI=1S/C20H19Br2N3O5/c1-9-23-16-11(6-10(21)7-12(16)22)20(29)25(9)14-5-3-2-4-13(14)24-19-18(28)17(27)15(26)8-30-19/h2-7,15,17-19,24,26-28H,8H2,1H3/t15-,17-,18-,19+/m1/s1. The van der Waals surface area contributed by atoms with E-state index in [-0.39, 0.29) is 12.2 Å². The highest BCUT2D eigenvalue weighted by molar-refractivity contribution is 9.11. The summed E-state index contributed by atoms with van der Waals surface area (Å²) in [6.07, 6.45) is -4.82. The Balaban J connectivity index is 1.81. The van der Waals surface area contributed by atoms with Gasteiger partial charge in [0.2, 0.25) is 0 Å². The van der Waals surface area contributed by atoms with Crippen molar-refractivity contribution >= 4 is 48.5 Å². The van der Waals surface area contributed by atoms with E-state index >= 15 is 0 Å². The van der Waals surface area contributed by atoms with E-state index < -0.39 is 24.5 Å². The van der Waals surface area contributed by atoms with Gasteiger partial charge in [-0.25, -0.2) is 4.98 Å². The van der Waals surface area contributed by atoms with Crippen molar-refractivity contribution in [2.24, 2.45) is 0 Å². The van der Waals surface area contributed by atoms with E-state index in [1.165, 1.54) is 4.57 Å². The zero-order chi connectivity index (χ0) is 21.6. The highest BCUT2D eigenvalue weighted by Crippen LogP contribution is 2.28. The Labute approximate surface area is 188 Å². The molecule has 0 radical (unpaired) electrons. The highest BCUT2D eigenvalue weighted by Gasteiger charge is 2.37. The van der Waals surface area contributed by atoms with Crippen LogP contribution in [0.25, 0.3) is 16.6 Å². The molecule has 1 aromatic heterocycles. The van der Waals surface area contributed by atoms with Gasteiger partial charge in [-0.05, 0) is 47.1 Å². The summed E-state index contributed by atoms with van der Waals surface area (Å²) >= 11 is 6.86. The van der Waals surface area contributed by atoms with Crippen molar-refractivity contribution in [3.63, 3.8) is 0 Å². The fourth-order valence-electron chi connectivity index (χ4n) is 3.48. The van der Waals surface area contributed by atoms with Crippen LogP contribution in [-0.4, -0.2) is 56.0 Å². The zero-order valence-electron chi connectivity index (χ0n) is 15.8. The predicted molar refractivity (Wildman–Crippen MR) is 119 cm³/mol. The van der Waals surface area contributed by atoms with Gasteiger partial charge in [-0.3, -0.25) is 9.36 Å². The number of aliphatic hydroxyl groups excluding tert-OH is 3. The molecule has 1 aliphatic heterocycles. The molecular weight excluding hydrogens is 522 g/mol. The third kappa shape index (κ3) is 3.79. The van der Waals surface area contributed by atoms with Crippen LogP contribution in [0.2, 0.25) is 0 Å². The van der Waals surface area contributed by atoms with Crippen LogP contribution in [0.3, 0.4) is 0 Å². The Morgan fingerprint density at radius 1 is 1.17 bits per heavy atom. The minimum absolute atomic E-state index is 0.128. The van der Waals surface area contributed by atoms with Gasteiger partial charge in [-0.1, -0.05) is 28.1 Å². The molecule has 0 spiro atoms. The van der Waals surface area contributed by atoms with E-state index in [2.05, 4.69) is 42.2 Å². The molecule has 2 heterocycles. The summed E-state index contributed by atoms with van der Waals surface area (Å²) in [7, 11) is 0. The normalized spacial score (nSPS) is 24.2. The fourth-order valence-corrected chi connectivity index (χ4v) is 4.80. The number of fused-ring (bicyclic) bond motifs is 1. The van der Waals surface area contributed by atoms with Crippen molar-refractivity contribution in [1.82, 2.24) is 9.55 Å². The van der Waals surface area contributed by atoms with Gasteiger partial charge >= 0.3 is 0 Å².